The summed E-state index contributed by atoms with van der Waals surface area (Å²) in [5.74, 6) is 0.0174. The predicted octanol–water partition coefficient (Wildman–Crippen LogP) is 1.39. The molecular formula is C15H16N6OS. The summed E-state index contributed by atoms with van der Waals surface area (Å²) in [6.07, 6.45) is 5.16. The Morgan fingerprint density at radius 1 is 1.17 bits per heavy atom. The van der Waals surface area contributed by atoms with Crippen LogP contribution in [0.15, 0.2) is 30.2 Å². The molecule has 1 saturated heterocycles. The number of aryl methyl sites for hydroxylation is 1. The minimum Gasteiger partial charge on any atom is -0.345 e. The maximum atomic E-state index is 12.7. The Balaban J connectivity index is 1.48. The number of nitrogens with zero attached hydrogens (tertiary/aromatic N) is 6. The van der Waals surface area contributed by atoms with Crippen molar-refractivity contribution in [2.45, 2.75) is 0 Å². The molecule has 4 rings (SSSR count). The first-order valence-electron chi connectivity index (χ1n) is 7.43. The molecule has 3 aromatic heterocycles. The molecule has 0 saturated carbocycles. The van der Waals surface area contributed by atoms with Crippen molar-refractivity contribution in [3.05, 3.63) is 35.7 Å². The minimum absolute atomic E-state index is 0.0174. The number of imidazole rings is 1. The van der Waals surface area contributed by atoms with Gasteiger partial charge in [0.05, 0.1) is 11.9 Å². The third-order valence-electron chi connectivity index (χ3n) is 4.05. The van der Waals surface area contributed by atoms with E-state index in [1.165, 1.54) is 0 Å². The molecule has 0 N–H and O–H groups in total. The van der Waals surface area contributed by atoms with E-state index >= 15 is 0 Å². The average Bonchev–Trinajstić information content (AvgIpc) is 3.24. The van der Waals surface area contributed by atoms with Crippen LogP contribution in [-0.4, -0.2) is 56.5 Å². The Hall–Kier alpha value is -2.48. The Kier molecular flexibility index (Phi) is 3.45. The smallest absolute Gasteiger partial charge is 0.255 e. The molecular weight excluding hydrogens is 312 g/mol. The summed E-state index contributed by atoms with van der Waals surface area (Å²) in [4.78, 5) is 29.7. The first kappa shape index (κ1) is 14.1. The van der Waals surface area contributed by atoms with Gasteiger partial charge in [-0.05, 0) is 6.07 Å². The van der Waals surface area contributed by atoms with Gasteiger partial charge in [-0.2, -0.15) is 0 Å². The maximum absolute atomic E-state index is 12.7. The zero-order chi connectivity index (χ0) is 15.8. The molecule has 7 nitrogen and oxygen atoms in total. The highest BCUT2D eigenvalue weighted by Crippen LogP contribution is 2.20. The monoisotopic (exact) mass is 328 g/mol. The number of pyridine rings is 1. The number of aromatic nitrogens is 4. The number of hydrogen-bond acceptors (Lipinski definition) is 6. The minimum atomic E-state index is 0.0174. The zero-order valence-corrected chi connectivity index (χ0v) is 13.5. The molecule has 4 heterocycles. The van der Waals surface area contributed by atoms with Crippen LogP contribution in [0.2, 0.25) is 0 Å². The second-order valence-electron chi connectivity index (χ2n) is 5.52. The topological polar surface area (TPSA) is 67.2 Å². The summed E-state index contributed by atoms with van der Waals surface area (Å²) >= 11 is 1.63. The lowest BCUT2D eigenvalue weighted by Crippen LogP contribution is -2.48. The van der Waals surface area contributed by atoms with Gasteiger partial charge in [0.2, 0.25) is 0 Å². The van der Waals surface area contributed by atoms with Crippen LogP contribution in [0.5, 0.6) is 0 Å². The van der Waals surface area contributed by atoms with Crippen molar-refractivity contribution in [2.75, 3.05) is 31.1 Å². The van der Waals surface area contributed by atoms with Gasteiger partial charge in [-0.25, -0.2) is 15.0 Å². The van der Waals surface area contributed by atoms with Gasteiger partial charge in [0.1, 0.15) is 5.52 Å². The molecule has 0 atom stereocenters. The third kappa shape index (κ3) is 2.55. The molecule has 0 unspecified atom stereocenters. The second kappa shape index (κ2) is 5.62. The summed E-state index contributed by atoms with van der Waals surface area (Å²) in [5, 5.41) is 2.99. The van der Waals surface area contributed by atoms with Crippen LogP contribution in [-0.2, 0) is 7.05 Å². The lowest BCUT2D eigenvalue weighted by molar-refractivity contribution is 0.0746. The van der Waals surface area contributed by atoms with Crippen LogP contribution in [0.25, 0.3) is 11.2 Å². The molecule has 118 valence electrons. The van der Waals surface area contributed by atoms with Gasteiger partial charge < -0.3 is 14.4 Å². The van der Waals surface area contributed by atoms with E-state index in [1.807, 2.05) is 34.2 Å². The van der Waals surface area contributed by atoms with Crippen molar-refractivity contribution in [3.8, 4) is 0 Å². The van der Waals surface area contributed by atoms with Gasteiger partial charge in [-0.1, -0.05) is 0 Å². The van der Waals surface area contributed by atoms with Gasteiger partial charge in [-0.3, -0.25) is 4.79 Å². The molecule has 1 fully saturated rings. The van der Waals surface area contributed by atoms with E-state index in [0.717, 1.165) is 29.4 Å². The number of carbonyl (C=O) groups excluding carboxylic acids is 1. The van der Waals surface area contributed by atoms with Crippen LogP contribution in [0.4, 0.5) is 5.13 Å². The molecule has 0 radical (unpaired) electrons. The molecule has 3 aromatic rings. The van der Waals surface area contributed by atoms with Gasteiger partial charge in [0.25, 0.3) is 5.91 Å². The fourth-order valence-electron chi connectivity index (χ4n) is 2.79. The highest BCUT2D eigenvalue weighted by atomic mass is 32.1. The lowest BCUT2D eigenvalue weighted by atomic mass is 10.2. The molecule has 8 heteroatoms. The van der Waals surface area contributed by atoms with E-state index in [-0.39, 0.29) is 5.91 Å². The molecule has 0 spiro atoms. The van der Waals surface area contributed by atoms with Crippen LogP contribution >= 0.6 is 11.3 Å². The Morgan fingerprint density at radius 3 is 2.74 bits per heavy atom. The summed E-state index contributed by atoms with van der Waals surface area (Å²) in [7, 11) is 1.89. The van der Waals surface area contributed by atoms with Crippen LogP contribution in [0.1, 0.15) is 10.4 Å². The summed E-state index contributed by atoms with van der Waals surface area (Å²) in [6.45, 7) is 2.99. The largest absolute Gasteiger partial charge is 0.345 e. The number of rotatable bonds is 2. The van der Waals surface area contributed by atoms with E-state index in [1.54, 1.807) is 23.9 Å². The van der Waals surface area contributed by atoms with Gasteiger partial charge in [0.15, 0.2) is 10.8 Å². The molecule has 23 heavy (non-hydrogen) atoms. The standard InChI is InChI=1S/C15H16N6OS/c1-19-10-18-12-8-11(9-17-13(12)19)14(22)20-3-5-21(6-4-20)15-16-2-7-23-15/h2,7-10H,3-6H2,1H3. The van der Waals surface area contributed by atoms with Gasteiger partial charge >= 0.3 is 0 Å². The maximum Gasteiger partial charge on any atom is 0.255 e. The van der Waals surface area contributed by atoms with Crippen molar-refractivity contribution >= 4 is 33.5 Å². The molecule has 0 aromatic carbocycles. The highest BCUT2D eigenvalue weighted by Gasteiger charge is 2.23. The summed E-state index contributed by atoms with van der Waals surface area (Å²) in [5.41, 5.74) is 2.13. The van der Waals surface area contributed by atoms with Crippen molar-refractivity contribution in [3.63, 3.8) is 0 Å². The summed E-state index contributed by atoms with van der Waals surface area (Å²) < 4.78 is 1.84. The molecule has 1 aliphatic heterocycles. The predicted molar refractivity (Wildman–Crippen MR) is 88.7 cm³/mol. The first-order chi connectivity index (χ1) is 11.2. The SMILES string of the molecule is Cn1cnc2cc(C(=O)N3CCN(c4nccs4)CC3)cnc21. The molecule has 1 amide bonds. The highest BCUT2D eigenvalue weighted by molar-refractivity contribution is 7.13. The number of anilines is 1. The van der Waals surface area contributed by atoms with E-state index in [9.17, 15) is 4.79 Å². The van der Waals surface area contributed by atoms with E-state index < -0.39 is 0 Å². The Bertz CT molecular complexity index is 835. The number of thiazole rings is 1. The van der Waals surface area contributed by atoms with Crippen molar-refractivity contribution in [2.24, 2.45) is 7.05 Å². The third-order valence-corrected chi connectivity index (χ3v) is 4.89. The fraction of sp³-hybridized carbons (Fsp3) is 0.333. The molecule has 0 bridgehead atoms. The van der Waals surface area contributed by atoms with Crippen molar-refractivity contribution in [1.82, 2.24) is 24.4 Å². The van der Waals surface area contributed by atoms with E-state index in [0.29, 0.717) is 18.7 Å². The number of piperazine rings is 1. The van der Waals surface area contributed by atoms with Crippen molar-refractivity contribution in [1.29, 1.82) is 0 Å². The Morgan fingerprint density at radius 2 is 2.00 bits per heavy atom. The van der Waals surface area contributed by atoms with Gasteiger partial charge in [-0.15, -0.1) is 11.3 Å². The number of fused-ring (bicyclic) bond motifs is 1. The molecule has 1 aliphatic rings. The zero-order valence-electron chi connectivity index (χ0n) is 12.7. The number of amides is 1. The second-order valence-corrected chi connectivity index (χ2v) is 6.39. The Labute approximate surface area is 137 Å². The summed E-state index contributed by atoms with van der Waals surface area (Å²) in [6, 6.07) is 1.82. The van der Waals surface area contributed by atoms with Crippen molar-refractivity contribution < 1.29 is 4.79 Å². The van der Waals surface area contributed by atoms with Crippen LogP contribution in [0.3, 0.4) is 0 Å². The lowest BCUT2D eigenvalue weighted by Gasteiger charge is -2.34. The quantitative estimate of drug-likeness (QED) is 0.711. The van der Waals surface area contributed by atoms with Crippen LogP contribution < -0.4 is 4.90 Å². The van der Waals surface area contributed by atoms with Crippen LogP contribution in [0, 0.1) is 0 Å². The van der Waals surface area contributed by atoms with Gasteiger partial charge in [0, 0.05) is 51.0 Å². The molecule has 0 aliphatic carbocycles. The van der Waals surface area contributed by atoms with E-state index in [4.69, 9.17) is 0 Å². The fourth-order valence-corrected chi connectivity index (χ4v) is 3.49. The first-order valence-corrected chi connectivity index (χ1v) is 8.31. The number of hydrogen-bond donors (Lipinski definition) is 0. The normalized spacial score (nSPS) is 15.3. The number of carbonyl (C=O) groups is 1. The average molecular weight is 328 g/mol. The van der Waals surface area contributed by atoms with E-state index in [2.05, 4.69) is 19.9 Å².